The van der Waals surface area contributed by atoms with Crippen LogP contribution in [0.1, 0.15) is 11.4 Å². The van der Waals surface area contributed by atoms with Gasteiger partial charge >= 0.3 is 0 Å². The van der Waals surface area contributed by atoms with Crippen LogP contribution in [0.15, 0.2) is 23.5 Å². The van der Waals surface area contributed by atoms with Crippen LogP contribution >= 0.6 is 23.1 Å². The number of β-lactam (4-membered cyclic amide) rings is 1. The van der Waals surface area contributed by atoms with Crippen molar-refractivity contribution in [2.24, 2.45) is 5.73 Å². The molecule has 0 aromatic carbocycles. The van der Waals surface area contributed by atoms with Gasteiger partial charge in [-0.3, -0.25) is 4.79 Å². The molecule has 2 aliphatic rings. The Hall–Kier alpha value is -1.09. The molecule has 0 radical (unpaired) electrons. The number of nitrogens with two attached hydrogens (primary N) is 1. The topological polar surface area (TPSA) is 80.5 Å². The summed E-state index contributed by atoms with van der Waals surface area (Å²) in [5.41, 5.74) is 9.56. The maximum absolute atomic E-state index is 11.4. The summed E-state index contributed by atoms with van der Waals surface area (Å²) in [6, 6.07) is 0. The first-order valence-corrected chi connectivity index (χ1v) is 7.10. The lowest BCUT2D eigenvalue weighted by Gasteiger charge is -2.47. The van der Waals surface area contributed by atoms with Crippen LogP contribution in [0.5, 0.6) is 0 Å². The summed E-state index contributed by atoms with van der Waals surface area (Å²) in [4.78, 5) is 21.8. The lowest BCUT2D eigenvalue weighted by molar-refractivity contribution is -0.137. The number of amides is 1. The summed E-state index contributed by atoms with van der Waals surface area (Å²) in [7, 11) is 1.54. The van der Waals surface area contributed by atoms with E-state index in [4.69, 9.17) is 10.6 Å². The fraction of sp³-hybridized carbons (Fsp3) is 0.400. The van der Waals surface area contributed by atoms with Crippen LogP contribution in [0.4, 0.5) is 0 Å². The van der Waals surface area contributed by atoms with Crippen molar-refractivity contribution >= 4 is 29.0 Å². The monoisotopic (exact) mass is 284 g/mol. The number of thiazole rings is 1. The fourth-order valence-corrected chi connectivity index (χ4v) is 4.40. The highest BCUT2D eigenvalue weighted by Gasteiger charge is 2.51. The molecular weight excluding hydrogens is 272 g/mol. The number of carbonyl (C=O) groups excluding carboxylic acids is 1. The standard InChI is InChI=1S/C10H12N4O2S2/c1-16-13-10(9-12-2-3-17-9)6(11)5-14-7(15)4-8(14)18-10/h2-3,5,8,13H,4,11H2,1H3/t8-,10?/m1/s1. The third-order valence-corrected chi connectivity index (χ3v) is 5.48. The molecule has 0 aliphatic carbocycles. The Kier molecular flexibility index (Phi) is 2.81. The molecule has 1 saturated heterocycles. The molecule has 8 heteroatoms. The van der Waals surface area contributed by atoms with Crippen LogP contribution in [0.2, 0.25) is 0 Å². The van der Waals surface area contributed by atoms with Gasteiger partial charge in [-0.1, -0.05) is 11.8 Å². The number of hydrogen-bond acceptors (Lipinski definition) is 7. The summed E-state index contributed by atoms with van der Waals surface area (Å²) < 4.78 is 0. The highest BCUT2D eigenvalue weighted by atomic mass is 32.2. The number of aromatic nitrogens is 1. The minimum absolute atomic E-state index is 0.0938. The first-order chi connectivity index (χ1) is 8.67. The van der Waals surface area contributed by atoms with Gasteiger partial charge in [-0.2, -0.15) is 5.48 Å². The third kappa shape index (κ3) is 1.57. The van der Waals surface area contributed by atoms with Crippen LogP contribution in [0.3, 0.4) is 0 Å². The van der Waals surface area contributed by atoms with E-state index in [1.807, 2.05) is 5.38 Å². The van der Waals surface area contributed by atoms with Crippen molar-refractivity contribution in [1.82, 2.24) is 15.4 Å². The fourth-order valence-electron chi connectivity index (χ4n) is 2.01. The summed E-state index contributed by atoms with van der Waals surface area (Å²) in [5, 5.41) is 2.80. The highest BCUT2D eigenvalue weighted by molar-refractivity contribution is 8.01. The van der Waals surface area contributed by atoms with Crippen LogP contribution in [-0.4, -0.2) is 28.3 Å². The maximum atomic E-state index is 11.4. The molecule has 0 spiro atoms. The second kappa shape index (κ2) is 4.23. The largest absolute Gasteiger partial charge is 0.398 e. The van der Waals surface area contributed by atoms with Crippen molar-refractivity contribution in [3.63, 3.8) is 0 Å². The van der Waals surface area contributed by atoms with Gasteiger partial charge in [0.05, 0.1) is 24.6 Å². The first-order valence-electron chi connectivity index (χ1n) is 5.34. The maximum Gasteiger partial charge on any atom is 0.230 e. The SMILES string of the molecule is CONC1(c2nccs2)S[C@@H]2CC(=O)N2C=C1N. The summed E-state index contributed by atoms with van der Waals surface area (Å²) >= 11 is 3.05. The lowest BCUT2D eigenvalue weighted by Crippen LogP contribution is -2.57. The van der Waals surface area contributed by atoms with Gasteiger partial charge in [0.25, 0.3) is 0 Å². The molecule has 1 fully saturated rings. The molecule has 0 saturated carbocycles. The minimum Gasteiger partial charge on any atom is -0.398 e. The smallest absolute Gasteiger partial charge is 0.230 e. The van der Waals surface area contributed by atoms with Gasteiger partial charge in [-0.25, -0.2) is 4.98 Å². The average Bonchev–Trinajstić information content (AvgIpc) is 2.87. The van der Waals surface area contributed by atoms with E-state index in [2.05, 4.69) is 10.5 Å². The summed E-state index contributed by atoms with van der Waals surface area (Å²) in [6.07, 6.45) is 3.93. The number of nitrogens with zero attached hydrogens (tertiary/aromatic N) is 2. The van der Waals surface area contributed by atoms with Crippen molar-refractivity contribution in [1.29, 1.82) is 0 Å². The summed E-state index contributed by atoms with van der Waals surface area (Å²) in [5.74, 6) is 0.0978. The van der Waals surface area contributed by atoms with Crippen LogP contribution in [0, 0.1) is 0 Å². The molecule has 1 aromatic rings. The Balaban J connectivity index is 2.02. The van der Waals surface area contributed by atoms with Gasteiger partial charge in [-0.05, 0) is 0 Å². The number of hydrogen-bond donors (Lipinski definition) is 2. The van der Waals surface area contributed by atoms with Crippen molar-refractivity contribution in [2.75, 3.05) is 7.11 Å². The molecule has 18 heavy (non-hydrogen) atoms. The molecule has 3 heterocycles. The van der Waals surface area contributed by atoms with E-state index >= 15 is 0 Å². The second-order valence-electron chi connectivity index (χ2n) is 3.99. The normalized spacial score (nSPS) is 30.7. The van der Waals surface area contributed by atoms with E-state index in [1.54, 1.807) is 36.2 Å². The molecule has 0 bridgehead atoms. The predicted molar refractivity (Wildman–Crippen MR) is 69.0 cm³/mol. The second-order valence-corrected chi connectivity index (χ2v) is 6.27. The minimum atomic E-state index is -0.704. The van der Waals surface area contributed by atoms with Gasteiger partial charge in [0.2, 0.25) is 5.91 Å². The number of carbonyl (C=O) groups is 1. The molecule has 96 valence electrons. The molecular formula is C10H12N4O2S2. The molecule has 6 nitrogen and oxygen atoms in total. The Morgan fingerprint density at radius 1 is 1.72 bits per heavy atom. The van der Waals surface area contributed by atoms with E-state index < -0.39 is 4.87 Å². The van der Waals surface area contributed by atoms with Crippen molar-refractivity contribution in [3.8, 4) is 0 Å². The zero-order valence-electron chi connectivity index (χ0n) is 9.62. The Labute approximate surface area is 112 Å². The van der Waals surface area contributed by atoms with E-state index in [-0.39, 0.29) is 11.3 Å². The molecule has 2 atom stereocenters. The first kappa shape index (κ1) is 12.0. The van der Waals surface area contributed by atoms with E-state index in [0.717, 1.165) is 5.01 Å². The van der Waals surface area contributed by atoms with Gasteiger partial charge in [0.1, 0.15) is 5.01 Å². The highest BCUT2D eigenvalue weighted by Crippen LogP contribution is 2.50. The number of thioether (sulfide) groups is 1. The zero-order valence-corrected chi connectivity index (χ0v) is 11.3. The number of rotatable bonds is 3. The Morgan fingerprint density at radius 3 is 3.17 bits per heavy atom. The van der Waals surface area contributed by atoms with Crippen molar-refractivity contribution in [2.45, 2.75) is 16.7 Å². The molecule has 3 rings (SSSR count). The van der Waals surface area contributed by atoms with E-state index in [0.29, 0.717) is 12.1 Å². The molecule has 2 aliphatic heterocycles. The number of fused-ring (bicyclic) bond motifs is 1. The lowest BCUT2D eigenvalue weighted by atomic mass is 10.1. The molecule has 1 amide bonds. The predicted octanol–water partition coefficient (Wildman–Crippen LogP) is 0.552. The average molecular weight is 284 g/mol. The van der Waals surface area contributed by atoms with Crippen molar-refractivity contribution < 1.29 is 9.63 Å². The Morgan fingerprint density at radius 2 is 2.56 bits per heavy atom. The van der Waals surface area contributed by atoms with Crippen molar-refractivity contribution in [3.05, 3.63) is 28.5 Å². The van der Waals surface area contributed by atoms with E-state index in [9.17, 15) is 4.79 Å². The quantitative estimate of drug-likeness (QED) is 0.623. The Bertz CT molecular complexity index is 504. The molecule has 1 unspecified atom stereocenters. The van der Waals surface area contributed by atoms with Crippen LogP contribution in [-0.2, 0) is 14.5 Å². The van der Waals surface area contributed by atoms with Gasteiger partial charge < -0.3 is 15.5 Å². The zero-order chi connectivity index (χ0) is 12.8. The van der Waals surface area contributed by atoms with E-state index in [1.165, 1.54) is 11.3 Å². The van der Waals surface area contributed by atoms with Crippen LogP contribution in [0.25, 0.3) is 0 Å². The number of hydroxylamine groups is 1. The summed E-state index contributed by atoms with van der Waals surface area (Å²) in [6.45, 7) is 0. The third-order valence-electron chi connectivity index (χ3n) is 2.92. The van der Waals surface area contributed by atoms with Gasteiger partial charge in [0, 0.05) is 17.8 Å². The van der Waals surface area contributed by atoms with Gasteiger partial charge in [0.15, 0.2) is 4.87 Å². The molecule has 1 aromatic heterocycles. The van der Waals surface area contributed by atoms with Crippen LogP contribution < -0.4 is 11.2 Å². The van der Waals surface area contributed by atoms with Gasteiger partial charge in [-0.15, -0.1) is 11.3 Å². The number of nitrogens with one attached hydrogen (secondary N) is 1. The molecule has 3 N–H and O–H groups in total.